The summed E-state index contributed by atoms with van der Waals surface area (Å²) in [4.78, 5) is 0. The van der Waals surface area contributed by atoms with Gasteiger partial charge >= 0.3 is 0 Å². The molecule has 15 heavy (non-hydrogen) atoms. The van der Waals surface area contributed by atoms with E-state index in [0.29, 0.717) is 17.5 Å². The largest absolute Gasteiger partial charge is 0.480 e. The van der Waals surface area contributed by atoms with E-state index in [1.807, 2.05) is 0 Å². The van der Waals surface area contributed by atoms with Gasteiger partial charge in [0.05, 0.1) is 18.9 Å². The van der Waals surface area contributed by atoms with Crippen molar-refractivity contribution >= 4 is 0 Å². The van der Waals surface area contributed by atoms with Crippen LogP contribution in [0.5, 0.6) is 5.88 Å². The Hall–Kier alpha value is -1.16. The van der Waals surface area contributed by atoms with Crippen LogP contribution in [-0.2, 0) is 0 Å². The zero-order chi connectivity index (χ0) is 11.3. The molecule has 1 N–H and O–H groups in total. The Balaban J connectivity index is 2.54. The molecule has 0 saturated heterocycles. The first kappa shape index (κ1) is 11.9. The first-order chi connectivity index (χ1) is 7.13. The van der Waals surface area contributed by atoms with Crippen LogP contribution in [0.4, 0.5) is 0 Å². The molecule has 4 nitrogen and oxygen atoms in total. The molecule has 0 saturated carbocycles. The monoisotopic (exact) mass is 210 g/mol. The van der Waals surface area contributed by atoms with Gasteiger partial charge in [-0.3, -0.25) is 0 Å². The first-order valence-corrected chi connectivity index (χ1v) is 5.19. The zero-order valence-corrected chi connectivity index (χ0v) is 9.47. The van der Waals surface area contributed by atoms with Crippen LogP contribution < -0.4 is 4.74 Å². The van der Waals surface area contributed by atoms with Crippen LogP contribution in [0.3, 0.4) is 0 Å². The summed E-state index contributed by atoms with van der Waals surface area (Å²) >= 11 is 0. The number of hydrogen-bond acceptors (Lipinski definition) is 4. The third kappa shape index (κ3) is 3.83. The van der Waals surface area contributed by atoms with Crippen LogP contribution in [-0.4, -0.2) is 22.4 Å². The summed E-state index contributed by atoms with van der Waals surface area (Å²) in [5.74, 6) is 1.06. The van der Waals surface area contributed by atoms with Gasteiger partial charge in [0.1, 0.15) is 0 Å². The smallest absolute Gasteiger partial charge is 0.233 e. The Morgan fingerprint density at radius 1 is 1.27 bits per heavy atom. The maximum atomic E-state index is 9.79. The van der Waals surface area contributed by atoms with Crippen molar-refractivity contribution < 1.29 is 9.84 Å². The minimum absolute atomic E-state index is 0.467. The molecule has 0 bridgehead atoms. The predicted molar refractivity (Wildman–Crippen MR) is 57.6 cm³/mol. The van der Waals surface area contributed by atoms with Crippen molar-refractivity contribution in [3.05, 3.63) is 17.8 Å². The molecule has 0 spiro atoms. The molecule has 0 aliphatic rings. The van der Waals surface area contributed by atoms with Crippen molar-refractivity contribution in [1.29, 1.82) is 0 Å². The van der Waals surface area contributed by atoms with Crippen molar-refractivity contribution in [2.45, 2.75) is 32.8 Å². The van der Waals surface area contributed by atoms with E-state index < -0.39 is 6.10 Å². The van der Waals surface area contributed by atoms with E-state index >= 15 is 0 Å². The molecule has 84 valence electrons. The number of methoxy groups -OCH3 is 1. The summed E-state index contributed by atoms with van der Waals surface area (Å²) in [6.45, 7) is 4.26. The van der Waals surface area contributed by atoms with Gasteiger partial charge in [0.25, 0.3) is 0 Å². The molecular weight excluding hydrogens is 192 g/mol. The lowest BCUT2D eigenvalue weighted by Crippen LogP contribution is -2.04. The van der Waals surface area contributed by atoms with E-state index in [1.165, 1.54) is 0 Å². The van der Waals surface area contributed by atoms with Crippen LogP contribution in [0, 0.1) is 5.92 Å². The molecule has 1 atom stereocenters. The Morgan fingerprint density at radius 2 is 2.00 bits per heavy atom. The summed E-state index contributed by atoms with van der Waals surface area (Å²) in [7, 11) is 1.54. The van der Waals surface area contributed by atoms with Crippen molar-refractivity contribution in [1.82, 2.24) is 10.2 Å². The molecule has 1 unspecified atom stereocenters. The summed E-state index contributed by atoms with van der Waals surface area (Å²) in [6.07, 6.45) is 1.18. The standard InChI is InChI=1S/C11H18N2O2/c1-8(2)4-6-10(14)9-5-7-11(15-3)13-12-9/h5,7-8,10,14H,4,6H2,1-3H3. The molecule has 4 heteroatoms. The third-order valence-corrected chi connectivity index (χ3v) is 2.23. The van der Waals surface area contributed by atoms with Crippen LogP contribution in [0.2, 0.25) is 0 Å². The van der Waals surface area contributed by atoms with E-state index in [4.69, 9.17) is 4.74 Å². The molecule has 1 aromatic heterocycles. The molecule has 0 amide bonds. The van der Waals surface area contributed by atoms with Crippen molar-refractivity contribution in [3.63, 3.8) is 0 Å². The minimum atomic E-state index is -0.522. The number of rotatable bonds is 5. The highest BCUT2D eigenvalue weighted by Crippen LogP contribution is 2.19. The van der Waals surface area contributed by atoms with E-state index in [-0.39, 0.29) is 0 Å². The predicted octanol–water partition coefficient (Wildman–Crippen LogP) is 1.95. The molecule has 1 rings (SSSR count). The first-order valence-electron chi connectivity index (χ1n) is 5.19. The lowest BCUT2D eigenvalue weighted by molar-refractivity contribution is 0.153. The number of aromatic nitrogens is 2. The Bertz CT molecular complexity index is 285. The lowest BCUT2D eigenvalue weighted by Gasteiger charge is -2.10. The minimum Gasteiger partial charge on any atom is -0.480 e. The van der Waals surface area contributed by atoms with Crippen molar-refractivity contribution in [3.8, 4) is 5.88 Å². The van der Waals surface area contributed by atoms with Gasteiger partial charge < -0.3 is 9.84 Å². The SMILES string of the molecule is COc1ccc(C(O)CCC(C)C)nn1. The van der Waals surface area contributed by atoms with E-state index in [0.717, 1.165) is 12.8 Å². The van der Waals surface area contributed by atoms with Crippen LogP contribution in [0.15, 0.2) is 12.1 Å². The van der Waals surface area contributed by atoms with E-state index in [1.54, 1.807) is 19.2 Å². The normalized spacial score (nSPS) is 12.9. The van der Waals surface area contributed by atoms with Gasteiger partial charge in [-0.1, -0.05) is 13.8 Å². The van der Waals surface area contributed by atoms with E-state index in [9.17, 15) is 5.11 Å². The fourth-order valence-corrected chi connectivity index (χ4v) is 1.26. The maximum Gasteiger partial charge on any atom is 0.233 e. The molecular formula is C11H18N2O2. The van der Waals surface area contributed by atoms with Crippen molar-refractivity contribution in [2.75, 3.05) is 7.11 Å². The highest BCUT2D eigenvalue weighted by atomic mass is 16.5. The van der Waals surface area contributed by atoms with Gasteiger partial charge in [0.2, 0.25) is 5.88 Å². The zero-order valence-electron chi connectivity index (χ0n) is 9.47. The summed E-state index contributed by atoms with van der Waals surface area (Å²) < 4.78 is 4.89. The lowest BCUT2D eigenvalue weighted by atomic mass is 10.0. The molecule has 0 radical (unpaired) electrons. The summed E-state index contributed by atoms with van der Waals surface area (Å²) in [5.41, 5.74) is 0.608. The second kappa shape index (κ2) is 5.66. The van der Waals surface area contributed by atoms with Gasteiger partial charge in [-0.05, 0) is 24.8 Å². The van der Waals surface area contributed by atoms with Gasteiger partial charge in [0, 0.05) is 6.07 Å². The third-order valence-electron chi connectivity index (χ3n) is 2.23. The van der Waals surface area contributed by atoms with Gasteiger partial charge in [0.15, 0.2) is 0 Å². The van der Waals surface area contributed by atoms with Gasteiger partial charge in [-0.15, -0.1) is 10.2 Å². The van der Waals surface area contributed by atoms with Gasteiger partial charge in [-0.25, -0.2) is 0 Å². The van der Waals surface area contributed by atoms with Crippen molar-refractivity contribution in [2.24, 2.45) is 5.92 Å². The second-order valence-corrected chi connectivity index (χ2v) is 3.99. The van der Waals surface area contributed by atoms with Crippen LogP contribution in [0.25, 0.3) is 0 Å². The van der Waals surface area contributed by atoms with Crippen LogP contribution in [0.1, 0.15) is 38.5 Å². The Kier molecular flexibility index (Phi) is 4.49. The number of nitrogens with zero attached hydrogens (tertiary/aromatic N) is 2. The Morgan fingerprint density at radius 3 is 2.47 bits per heavy atom. The molecule has 0 aromatic carbocycles. The highest BCUT2D eigenvalue weighted by Gasteiger charge is 2.10. The molecule has 0 fully saturated rings. The quantitative estimate of drug-likeness (QED) is 0.807. The maximum absolute atomic E-state index is 9.79. The van der Waals surface area contributed by atoms with E-state index in [2.05, 4.69) is 24.0 Å². The molecule has 0 aliphatic carbocycles. The Labute approximate surface area is 90.3 Å². The fourth-order valence-electron chi connectivity index (χ4n) is 1.26. The highest BCUT2D eigenvalue weighted by molar-refractivity contribution is 5.12. The average Bonchev–Trinajstić information content (AvgIpc) is 2.26. The number of aliphatic hydroxyl groups is 1. The second-order valence-electron chi connectivity index (χ2n) is 3.99. The average molecular weight is 210 g/mol. The van der Waals surface area contributed by atoms with Gasteiger partial charge in [-0.2, -0.15) is 0 Å². The molecule has 1 heterocycles. The number of hydrogen-bond donors (Lipinski definition) is 1. The fraction of sp³-hybridized carbons (Fsp3) is 0.636. The summed E-state index contributed by atoms with van der Waals surface area (Å²) in [6, 6.07) is 3.46. The topological polar surface area (TPSA) is 55.2 Å². The van der Waals surface area contributed by atoms with Crippen LogP contribution >= 0.6 is 0 Å². The number of aliphatic hydroxyl groups excluding tert-OH is 1. The molecule has 1 aromatic rings. The number of ether oxygens (including phenoxy) is 1. The molecule has 0 aliphatic heterocycles. The summed E-state index contributed by atoms with van der Waals surface area (Å²) in [5, 5.41) is 17.5.